The van der Waals surface area contributed by atoms with E-state index < -0.39 is 72.4 Å². The number of carbonyl (C=O) groups excluding carboxylic acids is 6. The van der Waals surface area contributed by atoms with Crippen molar-refractivity contribution in [2.24, 2.45) is 11.8 Å². The van der Waals surface area contributed by atoms with Crippen molar-refractivity contribution < 1.29 is 38.6 Å². The van der Waals surface area contributed by atoms with Crippen LogP contribution in [0.4, 0.5) is 4.79 Å². The Morgan fingerprint density at radius 3 is 2.25 bits per heavy atom. The van der Waals surface area contributed by atoms with Gasteiger partial charge in [-0.15, -0.1) is 0 Å². The molecule has 6 N–H and O–H groups in total. The summed E-state index contributed by atoms with van der Waals surface area (Å²) in [7, 11) is 1.57. The number of likely N-dealkylation sites (N-methyl/N-ethyl adjacent to an activating group) is 1. The van der Waals surface area contributed by atoms with Gasteiger partial charge in [-0.25, -0.2) is 4.79 Å². The summed E-state index contributed by atoms with van der Waals surface area (Å²) in [4.78, 5) is 82.0. The van der Waals surface area contributed by atoms with Crippen LogP contribution in [0.5, 0.6) is 0 Å². The number of alkyl carbamates (subject to hydrolysis) is 1. The molecule has 14 heteroatoms. The molecule has 1 fully saturated rings. The van der Waals surface area contributed by atoms with E-state index in [9.17, 15) is 33.9 Å². The fourth-order valence-electron chi connectivity index (χ4n) is 6.85. The molecule has 0 saturated heterocycles. The van der Waals surface area contributed by atoms with E-state index in [-0.39, 0.29) is 37.8 Å². The van der Waals surface area contributed by atoms with Gasteiger partial charge in [0.2, 0.25) is 23.5 Å². The Morgan fingerprint density at radius 2 is 1.62 bits per heavy atom. The lowest BCUT2D eigenvalue weighted by Gasteiger charge is -2.40. The number of carbonyl (C=O) groups is 6. The molecule has 0 spiro atoms. The Bertz CT molecular complexity index is 1370. The van der Waals surface area contributed by atoms with E-state index in [1.807, 2.05) is 52.0 Å². The Hall–Kier alpha value is -4.04. The third-order valence-corrected chi connectivity index (χ3v) is 9.78. The molecule has 1 aliphatic heterocycles. The molecule has 0 bridgehead atoms. The zero-order valence-electron chi connectivity index (χ0n) is 31.5. The van der Waals surface area contributed by atoms with Gasteiger partial charge in [0.15, 0.2) is 0 Å². The van der Waals surface area contributed by atoms with E-state index in [4.69, 9.17) is 4.74 Å². The number of hydrogen-bond acceptors (Lipinski definition) is 9. The first kappa shape index (κ1) is 42.4. The molecule has 0 radical (unpaired) electrons. The van der Waals surface area contributed by atoms with E-state index in [0.29, 0.717) is 12.8 Å². The zero-order valence-corrected chi connectivity index (χ0v) is 31.5. The minimum atomic E-state index is -1.20. The molecule has 52 heavy (non-hydrogen) atoms. The molecule has 0 aromatic heterocycles. The molecule has 1 aromatic carbocycles. The number of aliphatic hydroxyl groups excluding tert-OH is 1. The van der Waals surface area contributed by atoms with E-state index in [1.165, 1.54) is 4.90 Å². The Balaban J connectivity index is 1.78. The van der Waals surface area contributed by atoms with Gasteiger partial charge in [0.1, 0.15) is 18.3 Å². The maximum absolute atomic E-state index is 14.5. The van der Waals surface area contributed by atoms with Crippen LogP contribution >= 0.6 is 0 Å². The molecule has 1 heterocycles. The third-order valence-electron chi connectivity index (χ3n) is 9.78. The summed E-state index contributed by atoms with van der Waals surface area (Å²) < 4.78 is 5.39. The average Bonchev–Trinajstić information content (AvgIpc) is 3.15. The lowest BCUT2D eigenvalue weighted by atomic mass is 9.82. The fraction of sp³-hybridized carbons (Fsp3) is 0.684. The second kappa shape index (κ2) is 21.5. The van der Waals surface area contributed by atoms with Crippen molar-refractivity contribution in [3.8, 4) is 0 Å². The number of benzene rings is 1. The number of fused-ring (bicyclic) bond motifs is 1. The molecule has 5 amide bonds. The highest BCUT2D eigenvalue weighted by atomic mass is 16.5. The zero-order chi connectivity index (χ0) is 38.2. The summed E-state index contributed by atoms with van der Waals surface area (Å²) in [5.74, 6) is -3.53. The van der Waals surface area contributed by atoms with Crippen LogP contribution in [0.25, 0.3) is 0 Å². The van der Waals surface area contributed by atoms with Gasteiger partial charge in [-0.3, -0.25) is 29.3 Å². The molecule has 4 unspecified atom stereocenters. The Labute approximate surface area is 307 Å². The van der Waals surface area contributed by atoms with Crippen molar-refractivity contribution in [3.63, 3.8) is 0 Å². The first-order valence-electron chi connectivity index (χ1n) is 19.0. The molecule has 2 aliphatic rings. The van der Waals surface area contributed by atoms with Crippen LogP contribution in [0.15, 0.2) is 24.3 Å². The van der Waals surface area contributed by atoms with Crippen molar-refractivity contribution in [1.82, 2.24) is 31.5 Å². The molecule has 290 valence electrons. The molecule has 1 aromatic rings. The van der Waals surface area contributed by atoms with Gasteiger partial charge >= 0.3 is 6.09 Å². The van der Waals surface area contributed by atoms with Crippen LogP contribution in [0, 0.1) is 11.8 Å². The predicted molar refractivity (Wildman–Crippen MR) is 196 cm³/mol. The SMILES string of the molecule is CCCCC(NC(=O)CNC(=O)C(=O)C(CCC)NC(=O)[C@@H]1Cc2ccccc2CN1C(=O)C(NC(=O)OCC(C)C)C1CCCCC1)C(O)NC. The molecule has 14 nitrogen and oxygen atoms in total. The number of Topliss-reactive ketones (excluding diaryl/α,β-unsaturated/α-hetero) is 1. The summed E-state index contributed by atoms with van der Waals surface area (Å²) in [6.07, 6.45) is 5.67. The number of hydrogen-bond donors (Lipinski definition) is 6. The van der Waals surface area contributed by atoms with Gasteiger partial charge in [0.25, 0.3) is 5.91 Å². The lowest BCUT2D eigenvalue weighted by molar-refractivity contribution is -0.146. The van der Waals surface area contributed by atoms with Crippen LogP contribution < -0.4 is 26.6 Å². The fourth-order valence-corrected chi connectivity index (χ4v) is 6.85. The van der Waals surface area contributed by atoms with Crippen molar-refractivity contribution in [2.75, 3.05) is 20.2 Å². The number of amides is 5. The lowest BCUT2D eigenvalue weighted by Crippen LogP contribution is -2.61. The van der Waals surface area contributed by atoms with Crippen LogP contribution in [0.1, 0.15) is 103 Å². The van der Waals surface area contributed by atoms with Crippen LogP contribution in [-0.4, -0.2) is 96.1 Å². The van der Waals surface area contributed by atoms with Gasteiger partial charge in [-0.05, 0) is 55.7 Å². The maximum atomic E-state index is 14.5. The topological polar surface area (TPSA) is 195 Å². The van der Waals surface area contributed by atoms with Crippen LogP contribution in [0.2, 0.25) is 0 Å². The first-order chi connectivity index (χ1) is 24.9. The van der Waals surface area contributed by atoms with Gasteiger partial charge in [-0.2, -0.15) is 0 Å². The third kappa shape index (κ3) is 12.6. The molecular weight excluding hydrogens is 668 g/mol. The summed E-state index contributed by atoms with van der Waals surface area (Å²) in [6.45, 7) is 7.48. The standard InChI is InChI=1S/C38H60N6O8/c1-6-8-19-29(34(47)39-5)41-31(45)21-40-36(49)33(46)28(14-7-2)42-35(48)30-20-26-17-12-13-18-27(26)22-44(30)37(50)32(25-15-10-9-11-16-25)43-38(51)52-23-24(3)4/h12-13,17-18,24-25,28-30,32,34,39,47H,6-11,14-16,19-23H2,1-5H3,(H,40,49)(H,41,45)(H,42,48)(H,43,51)/t28?,29?,30-,32?,34?/m0/s1. The second-order valence-electron chi connectivity index (χ2n) is 14.4. The van der Waals surface area contributed by atoms with E-state index in [2.05, 4.69) is 26.6 Å². The van der Waals surface area contributed by atoms with Crippen molar-refractivity contribution in [3.05, 3.63) is 35.4 Å². The highest BCUT2D eigenvalue weighted by molar-refractivity contribution is 6.38. The summed E-state index contributed by atoms with van der Waals surface area (Å²) in [6, 6.07) is 3.83. The summed E-state index contributed by atoms with van der Waals surface area (Å²) >= 11 is 0. The average molecular weight is 729 g/mol. The van der Waals surface area contributed by atoms with Crippen molar-refractivity contribution in [2.45, 2.75) is 135 Å². The molecule has 1 saturated carbocycles. The largest absolute Gasteiger partial charge is 0.449 e. The van der Waals surface area contributed by atoms with Gasteiger partial charge in [0, 0.05) is 13.0 Å². The molecule has 5 atom stereocenters. The quantitative estimate of drug-likeness (QED) is 0.0917. The Kier molecular flexibility index (Phi) is 17.5. The number of unbranched alkanes of at least 4 members (excludes halogenated alkanes) is 1. The number of aliphatic hydroxyl groups is 1. The highest BCUT2D eigenvalue weighted by Gasteiger charge is 2.42. The monoisotopic (exact) mass is 728 g/mol. The normalized spacial score (nSPS) is 18.3. The van der Waals surface area contributed by atoms with E-state index in [1.54, 1.807) is 7.05 Å². The second-order valence-corrected chi connectivity index (χ2v) is 14.4. The van der Waals surface area contributed by atoms with Crippen LogP contribution in [0.3, 0.4) is 0 Å². The highest BCUT2D eigenvalue weighted by Crippen LogP contribution is 2.30. The minimum absolute atomic E-state index is 0.111. The molecular formula is C38H60N6O8. The minimum Gasteiger partial charge on any atom is -0.449 e. The number of ether oxygens (including phenoxy) is 1. The molecule has 3 rings (SSSR count). The Morgan fingerprint density at radius 1 is 0.923 bits per heavy atom. The van der Waals surface area contributed by atoms with Gasteiger partial charge < -0.3 is 36.0 Å². The van der Waals surface area contributed by atoms with Crippen molar-refractivity contribution >= 4 is 35.5 Å². The van der Waals surface area contributed by atoms with Crippen molar-refractivity contribution in [1.29, 1.82) is 0 Å². The van der Waals surface area contributed by atoms with Gasteiger partial charge in [-0.1, -0.05) is 90.5 Å². The van der Waals surface area contributed by atoms with Gasteiger partial charge in [0.05, 0.1) is 25.2 Å². The number of nitrogens with one attached hydrogen (secondary N) is 5. The summed E-state index contributed by atoms with van der Waals surface area (Å²) in [5, 5.41) is 23.5. The first-order valence-corrected chi connectivity index (χ1v) is 19.0. The number of nitrogens with zero attached hydrogens (tertiary/aromatic N) is 1. The van der Waals surface area contributed by atoms with E-state index in [0.717, 1.165) is 56.1 Å². The smallest absolute Gasteiger partial charge is 0.407 e. The predicted octanol–water partition coefficient (Wildman–Crippen LogP) is 2.45. The molecule has 1 aliphatic carbocycles. The number of rotatable bonds is 19. The summed E-state index contributed by atoms with van der Waals surface area (Å²) in [5.41, 5.74) is 1.76. The van der Waals surface area contributed by atoms with E-state index >= 15 is 0 Å². The maximum Gasteiger partial charge on any atom is 0.407 e. The van der Waals surface area contributed by atoms with Crippen LogP contribution in [-0.2, 0) is 41.7 Å². The number of ketones is 1.